The van der Waals surface area contributed by atoms with Crippen LogP contribution in [0.2, 0.25) is 0 Å². The molecule has 0 atom stereocenters. The van der Waals surface area contributed by atoms with Gasteiger partial charge in [0.25, 0.3) is 0 Å². The molecule has 0 bridgehead atoms. The van der Waals surface area contributed by atoms with Crippen LogP contribution in [0.4, 0.5) is 5.82 Å². The first-order valence-electron chi connectivity index (χ1n) is 8.82. The van der Waals surface area contributed by atoms with E-state index < -0.39 is 0 Å². The molecule has 6 nitrogen and oxygen atoms in total. The van der Waals surface area contributed by atoms with Crippen molar-refractivity contribution in [3.8, 4) is 5.69 Å². The summed E-state index contributed by atoms with van der Waals surface area (Å²) >= 11 is 8.21. The lowest BCUT2D eigenvalue weighted by Gasteiger charge is -2.14. The van der Waals surface area contributed by atoms with Crippen molar-refractivity contribution >= 4 is 47.0 Å². The van der Waals surface area contributed by atoms with E-state index in [4.69, 9.17) is 12.2 Å². The molecule has 140 valence electrons. The van der Waals surface area contributed by atoms with Crippen LogP contribution in [0.15, 0.2) is 46.9 Å². The van der Waals surface area contributed by atoms with E-state index >= 15 is 0 Å². The summed E-state index contributed by atoms with van der Waals surface area (Å²) in [6, 6.07) is 12.0. The highest BCUT2D eigenvalue weighted by atomic mass is 32.2. The molecule has 9 heteroatoms. The molecule has 0 aliphatic heterocycles. The first-order chi connectivity index (χ1) is 13.2. The molecule has 0 unspecified atom stereocenters. The Labute approximate surface area is 170 Å². The molecule has 4 rings (SSSR count). The third kappa shape index (κ3) is 4.31. The average Bonchev–Trinajstić information content (AvgIpc) is 3.41. The maximum absolute atomic E-state index is 12.4. The van der Waals surface area contributed by atoms with E-state index in [-0.39, 0.29) is 11.7 Å². The van der Waals surface area contributed by atoms with Crippen molar-refractivity contribution in [2.75, 3.05) is 11.1 Å². The highest BCUT2D eigenvalue weighted by molar-refractivity contribution is 8.01. The van der Waals surface area contributed by atoms with Crippen LogP contribution in [0.5, 0.6) is 0 Å². The number of aromatic nitrogens is 4. The molecule has 27 heavy (non-hydrogen) atoms. The van der Waals surface area contributed by atoms with E-state index in [2.05, 4.69) is 15.5 Å². The van der Waals surface area contributed by atoms with Crippen LogP contribution in [0.25, 0.3) is 5.69 Å². The predicted octanol–water partition coefficient (Wildman–Crippen LogP) is 4.71. The first kappa shape index (κ1) is 18.4. The normalized spacial score (nSPS) is 14.5. The van der Waals surface area contributed by atoms with Gasteiger partial charge in [-0.2, -0.15) is 5.10 Å². The second-order valence-corrected chi connectivity index (χ2v) is 9.16. The minimum Gasteiger partial charge on any atom is -0.310 e. The lowest BCUT2D eigenvalue weighted by Crippen LogP contribution is -2.19. The maximum atomic E-state index is 12.4. The number of benzene rings is 1. The van der Waals surface area contributed by atoms with E-state index in [9.17, 15) is 4.79 Å². The molecule has 1 N–H and O–H groups in total. The van der Waals surface area contributed by atoms with Gasteiger partial charge in [-0.25, -0.2) is 9.36 Å². The maximum Gasteiger partial charge on any atom is 0.235 e. The highest BCUT2D eigenvalue weighted by Crippen LogP contribution is 2.31. The van der Waals surface area contributed by atoms with Crippen LogP contribution in [0.3, 0.4) is 0 Å². The molecule has 2 aromatic heterocycles. The van der Waals surface area contributed by atoms with Crippen molar-refractivity contribution in [1.29, 1.82) is 0 Å². The second-order valence-electron chi connectivity index (χ2n) is 6.32. The Kier molecular flexibility index (Phi) is 5.70. The fourth-order valence-corrected chi connectivity index (χ4v) is 5.37. The van der Waals surface area contributed by atoms with Crippen LogP contribution < -0.4 is 5.32 Å². The molecular formula is C18H19N5OS3. The smallest absolute Gasteiger partial charge is 0.235 e. The molecule has 1 aromatic carbocycles. The molecule has 2 heterocycles. The predicted molar refractivity (Wildman–Crippen MR) is 111 cm³/mol. The van der Waals surface area contributed by atoms with Crippen LogP contribution in [-0.2, 0) is 4.79 Å². The molecule has 1 amide bonds. The SMILES string of the molecule is O=C(CSc1nn(-c2ccccc2)c(=S)s1)Nc1ccnn1C1CCCC1. The largest absolute Gasteiger partial charge is 0.310 e. The summed E-state index contributed by atoms with van der Waals surface area (Å²) in [6.45, 7) is 0. The van der Waals surface area contributed by atoms with Gasteiger partial charge in [0.1, 0.15) is 5.82 Å². The zero-order chi connectivity index (χ0) is 18.6. The van der Waals surface area contributed by atoms with Crippen LogP contribution in [0.1, 0.15) is 31.7 Å². The topological polar surface area (TPSA) is 64.7 Å². The number of carbonyl (C=O) groups is 1. The molecule has 0 spiro atoms. The number of carbonyl (C=O) groups excluding carboxylic acids is 1. The third-order valence-corrected chi connectivity index (χ3v) is 6.83. The van der Waals surface area contributed by atoms with Gasteiger partial charge in [0.05, 0.1) is 23.7 Å². The fourth-order valence-electron chi connectivity index (χ4n) is 3.21. The number of para-hydroxylation sites is 1. The Hall–Kier alpha value is -1.97. The summed E-state index contributed by atoms with van der Waals surface area (Å²) in [5.41, 5.74) is 0.926. The minimum absolute atomic E-state index is 0.0628. The lowest BCUT2D eigenvalue weighted by molar-refractivity contribution is -0.113. The van der Waals surface area contributed by atoms with Gasteiger partial charge in [-0.05, 0) is 37.2 Å². The van der Waals surface area contributed by atoms with E-state index in [1.807, 2.05) is 41.1 Å². The fraction of sp³-hybridized carbons (Fsp3) is 0.333. The number of rotatable bonds is 6. The van der Waals surface area contributed by atoms with Crippen LogP contribution >= 0.6 is 35.3 Å². The Morgan fingerprint density at radius 2 is 2.04 bits per heavy atom. The number of hydrogen-bond acceptors (Lipinski definition) is 6. The lowest BCUT2D eigenvalue weighted by atomic mass is 10.2. The quantitative estimate of drug-likeness (QED) is 0.465. The van der Waals surface area contributed by atoms with Crippen molar-refractivity contribution in [2.45, 2.75) is 36.1 Å². The van der Waals surface area contributed by atoms with Crippen LogP contribution in [0, 0.1) is 3.95 Å². The van der Waals surface area contributed by atoms with E-state index in [0.717, 1.165) is 28.7 Å². The molecule has 3 aromatic rings. The molecular weight excluding hydrogens is 398 g/mol. The Bertz CT molecular complexity index is 972. The van der Waals surface area contributed by atoms with E-state index in [0.29, 0.717) is 10.00 Å². The van der Waals surface area contributed by atoms with Gasteiger partial charge >= 0.3 is 0 Å². The van der Waals surface area contributed by atoms with Crippen molar-refractivity contribution < 1.29 is 4.79 Å². The Morgan fingerprint density at radius 1 is 1.26 bits per heavy atom. The van der Waals surface area contributed by atoms with Gasteiger partial charge in [-0.15, -0.1) is 5.10 Å². The average molecular weight is 418 g/mol. The molecule has 0 radical (unpaired) electrons. The van der Waals surface area contributed by atoms with E-state index in [1.165, 1.54) is 35.9 Å². The minimum atomic E-state index is -0.0628. The van der Waals surface area contributed by atoms with Crippen molar-refractivity contribution in [1.82, 2.24) is 19.6 Å². The summed E-state index contributed by atoms with van der Waals surface area (Å²) < 4.78 is 5.13. The summed E-state index contributed by atoms with van der Waals surface area (Å²) in [7, 11) is 0. The number of amides is 1. The third-order valence-electron chi connectivity index (χ3n) is 4.47. The van der Waals surface area contributed by atoms with E-state index in [1.54, 1.807) is 10.9 Å². The van der Waals surface area contributed by atoms with Gasteiger partial charge < -0.3 is 5.32 Å². The molecule has 1 fully saturated rings. The zero-order valence-electron chi connectivity index (χ0n) is 14.6. The molecule has 1 saturated carbocycles. The van der Waals surface area contributed by atoms with Gasteiger partial charge in [0, 0.05) is 6.07 Å². The summed E-state index contributed by atoms with van der Waals surface area (Å²) in [4.78, 5) is 12.4. The standard InChI is InChI=1S/C18H19N5OS3/c24-16(20-15-10-11-19-22(15)13-8-4-5-9-13)12-26-17-21-23(18(25)27-17)14-6-2-1-3-7-14/h1-3,6-7,10-11,13H,4-5,8-9,12H2,(H,20,24). The highest BCUT2D eigenvalue weighted by Gasteiger charge is 2.20. The van der Waals surface area contributed by atoms with Gasteiger partial charge in [0.15, 0.2) is 8.29 Å². The number of thioether (sulfide) groups is 1. The summed E-state index contributed by atoms with van der Waals surface area (Å²) in [5.74, 6) is 0.995. The first-order valence-corrected chi connectivity index (χ1v) is 11.0. The molecule has 1 aliphatic rings. The number of hydrogen-bond donors (Lipinski definition) is 1. The van der Waals surface area contributed by atoms with Crippen LogP contribution in [-0.4, -0.2) is 31.2 Å². The Morgan fingerprint density at radius 3 is 2.81 bits per heavy atom. The van der Waals surface area contributed by atoms with Gasteiger partial charge in [-0.1, -0.05) is 54.1 Å². The molecule has 1 aliphatic carbocycles. The van der Waals surface area contributed by atoms with Gasteiger partial charge in [0.2, 0.25) is 5.91 Å². The van der Waals surface area contributed by atoms with Crippen molar-refractivity contribution in [3.05, 3.63) is 46.5 Å². The van der Waals surface area contributed by atoms with Crippen molar-refractivity contribution in [3.63, 3.8) is 0 Å². The van der Waals surface area contributed by atoms with Gasteiger partial charge in [-0.3, -0.25) is 4.79 Å². The number of nitrogens with one attached hydrogen (secondary N) is 1. The number of nitrogens with zero attached hydrogens (tertiary/aromatic N) is 4. The zero-order valence-corrected chi connectivity index (χ0v) is 17.0. The summed E-state index contributed by atoms with van der Waals surface area (Å²) in [5, 5.41) is 11.9. The second kappa shape index (κ2) is 8.37. The molecule has 0 saturated heterocycles. The Balaban J connectivity index is 1.38. The number of anilines is 1. The van der Waals surface area contributed by atoms with Crippen molar-refractivity contribution in [2.24, 2.45) is 0 Å². The summed E-state index contributed by atoms with van der Waals surface area (Å²) in [6.07, 6.45) is 6.44. The monoisotopic (exact) mass is 417 g/mol.